The average Bonchev–Trinajstić information content (AvgIpc) is 2.62. The number of rotatable bonds is 2. The second kappa shape index (κ2) is 8.65. The van der Waals surface area contributed by atoms with Crippen LogP contribution in [0.25, 0.3) is 0 Å². The fraction of sp³-hybridized carbons (Fsp3) is 0.556. The maximum Gasteiger partial charge on any atom is 0.253 e. The van der Waals surface area contributed by atoms with Crippen molar-refractivity contribution >= 4 is 24.2 Å². The minimum absolute atomic E-state index is 0. The summed E-state index contributed by atoms with van der Waals surface area (Å²) in [6.45, 7) is 7.55. The lowest BCUT2D eigenvalue weighted by Crippen LogP contribution is -2.60. The van der Waals surface area contributed by atoms with E-state index < -0.39 is 0 Å². The quantitative estimate of drug-likeness (QED) is 0.849. The summed E-state index contributed by atoms with van der Waals surface area (Å²) in [7, 11) is 0. The first kappa shape index (κ1) is 19.7. The van der Waals surface area contributed by atoms with Gasteiger partial charge in [0.2, 0.25) is 5.91 Å². The molecule has 138 valence electrons. The van der Waals surface area contributed by atoms with E-state index in [1.54, 1.807) is 0 Å². The van der Waals surface area contributed by atoms with Crippen LogP contribution < -0.4 is 5.32 Å². The average molecular weight is 368 g/mol. The Balaban J connectivity index is 0.00000225. The number of piperazine rings is 1. The number of amides is 2. The van der Waals surface area contributed by atoms with Crippen LogP contribution in [0.5, 0.6) is 0 Å². The number of nitrogens with one attached hydrogen (secondary N) is 1. The van der Waals surface area contributed by atoms with Crippen molar-refractivity contribution in [3.63, 3.8) is 0 Å². The summed E-state index contributed by atoms with van der Waals surface area (Å²) in [5.74, 6) is 0.110. The van der Waals surface area contributed by atoms with Crippen molar-refractivity contribution < 1.29 is 14.3 Å². The van der Waals surface area contributed by atoms with E-state index in [9.17, 15) is 9.59 Å². The molecule has 2 amide bonds. The Morgan fingerprint density at radius 2 is 1.68 bits per heavy atom. The zero-order valence-electron chi connectivity index (χ0n) is 14.7. The summed E-state index contributed by atoms with van der Waals surface area (Å²) >= 11 is 0. The molecule has 0 bridgehead atoms. The first-order chi connectivity index (χ1) is 11.6. The summed E-state index contributed by atoms with van der Waals surface area (Å²) in [5, 5.41) is 3.23. The van der Waals surface area contributed by atoms with Crippen LogP contribution in [0.15, 0.2) is 24.3 Å². The predicted molar refractivity (Wildman–Crippen MR) is 98.1 cm³/mol. The molecule has 2 aliphatic rings. The number of hydrogen-bond acceptors (Lipinski definition) is 4. The number of benzene rings is 1. The standard InChI is InChI=1S/C18H25N3O3.ClH/c1-13-3-5-15(6-4-13)17(22)20-8-10-21(11-9-20)18(23)16-14(2)24-12-7-19-16;/h3-6,14,16,19H,7-12H2,1-2H3;1H/t14-,16+;/m1./s1. The third-order valence-electron chi connectivity index (χ3n) is 4.76. The van der Waals surface area contributed by atoms with Gasteiger partial charge >= 0.3 is 0 Å². The summed E-state index contributed by atoms with van der Waals surface area (Å²) in [5.41, 5.74) is 1.84. The normalized spacial score (nSPS) is 23.8. The Kier molecular flexibility index (Phi) is 6.81. The lowest BCUT2D eigenvalue weighted by Gasteiger charge is -2.38. The van der Waals surface area contributed by atoms with E-state index in [-0.39, 0.29) is 36.4 Å². The van der Waals surface area contributed by atoms with Crippen LogP contribution in [-0.2, 0) is 9.53 Å². The lowest BCUT2D eigenvalue weighted by molar-refractivity contribution is -0.140. The molecule has 1 aromatic rings. The molecular formula is C18H26ClN3O3. The molecule has 2 aliphatic heterocycles. The van der Waals surface area contributed by atoms with Crippen molar-refractivity contribution in [2.75, 3.05) is 39.3 Å². The van der Waals surface area contributed by atoms with Crippen LogP contribution in [0.3, 0.4) is 0 Å². The monoisotopic (exact) mass is 367 g/mol. The van der Waals surface area contributed by atoms with Crippen molar-refractivity contribution in [2.24, 2.45) is 0 Å². The van der Waals surface area contributed by atoms with Crippen LogP contribution in [0.2, 0.25) is 0 Å². The third-order valence-corrected chi connectivity index (χ3v) is 4.76. The van der Waals surface area contributed by atoms with Gasteiger partial charge in [0.1, 0.15) is 6.04 Å². The molecule has 0 spiro atoms. The Hall–Kier alpha value is -1.63. The van der Waals surface area contributed by atoms with Gasteiger partial charge in [0.15, 0.2) is 0 Å². The van der Waals surface area contributed by atoms with Crippen LogP contribution >= 0.6 is 12.4 Å². The fourth-order valence-electron chi connectivity index (χ4n) is 3.21. The molecule has 0 saturated carbocycles. The highest BCUT2D eigenvalue weighted by Crippen LogP contribution is 2.13. The molecule has 25 heavy (non-hydrogen) atoms. The molecular weight excluding hydrogens is 342 g/mol. The summed E-state index contributed by atoms with van der Waals surface area (Å²) in [6, 6.07) is 7.34. The van der Waals surface area contributed by atoms with Gasteiger partial charge in [-0.3, -0.25) is 9.59 Å². The van der Waals surface area contributed by atoms with E-state index in [1.165, 1.54) is 0 Å². The van der Waals surface area contributed by atoms with Gasteiger partial charge in [-0.15, -0.1) is 12.4 Å². The fourth-order valence-corrected chi connectivity index (χ4v) is 3.21. The number of carbonyl (C=O) groups excluding carboxylic acids is 2. The Morgan fingerprint density at radius 3 is 2.28 bits per heavy atom. The van der Waals surface area contributed by atoms with Crippen LogP contribution in [0.4, 0.5) is 0 Å². The molecule has 2 atom stereocenters. The smallest absolute Gasteiger partial charge is 0.253 e. The second-order valence-corrected chi connectivity index (χ2v) is 6.49. The van der Waals surface area contributed by atoms with Gasteiger partial charge in [-0.1, -0.05) is 17.7 Å². The van der Waals surface area contributed by atoms with E-state index in [1.807, 2.05) is 47.9 Å². The number of ether oxygens (including phenoxy) is 1. The van der Waals surface area contributed by atoms with Gasteiger partial charge in [-0.25, -0.2) is 0 Å². The van der Waals surface area contributed by atoms with Crippen LogP contribution in [0.1, 0.15) is 22.8 Å². The minimum Gasteiger partial charge on any atom is -0.375 e. The molecule has 2 saturated heterocycles. The zero-order valence-corrected chi connectivity index (χ0v) is 15.6. The number of halogens is 1. The number of morpholine rings is 1. The van der Waals surface area contributed by atoms with Crippen molar-refractivity contribution in [2.45, 2.75) is 26.0 Å². The Labute approximate surface area is 154 Å². The summed E-state index contributed by atoms with van der Waals surface area (Å²) in [6.07, 6.45) is -0.113. The number of carbonyl (C=O) groups is 2. The molecule has 1 aromatic carbocycles. The molecule has 2 heterocycles. The van der Waals surface area contributed by atoms with Gasteiger partial charge in [0.25, 0.3) is 5.91 Å². The van der Waals surface area contributed by atoms with Gasteiger partial charge in [0, 0.05) is 38.3 Å². The third kappa shape index (κ3) is 4.51. The van der Waals surface area contributed by atoms with Crippen LogP contribution in [0, 0.1) is 6.92 Å². The minimum atomic E-state index is -0.280. The Morgan fingerprint density at radius 1 is 1.08 bits per heavy atom. The molecule has 0 radical (unpaired) electrons. The molecule has 6 nitrogen and oxygen atoms in total. The Bertz CT molecular complexity index is 600. The molecule has 0 unspecified atom stereocenters. The summed E-state index contributed by atoms with van der Waals surface area (Å²) in [4.78, 5) is 28.8. The highest BCUT2D eigenvalue weighted by molar-refractivity contribution is 5.94. The first-order valence-corrected chi connectivity index (χ1v) is 8.56. The second-order valence-electron chi connectivity index (χ2n) is 6.49. The topological polar surface area (TPSA) is 61.9 Å². The highest BCUT2D eigenvalue weighted by Gasteiger charge is 2.33. The number of nitrogens with zero attached hydrogens (tertiary/aromatic N) is 2. The first-order valence-electron chi connectivity index (χ1n) is 8.56. The van der Waals surface area contributed by atoms with E-state index >= 15 is 0 Å². The van der Waals surface area contributed by atoms with Crippen molar-refractivity contribution in [3.8, 4) is 0 Å². The van der Waals surface area contributed by atoms with E-state index in [4.69, 9.17) is 4.74 Å². The van der Waals surface area contributed by atoms with Crippen molar-refractivity contribution in [1.82, 2.24) is 15.1 Å². The van der Waals surface area contributed by atoms with E-state index in [0.717, 1.165) is 5.56 Å². The van der Waals surface area contributed by atoms with Gasteiger partial charge in [-0.2, -0.15) is 0 Å². The van der Waals surface area contributed by atoms with Crippen LogP contribution in [-0.4, -0.2) is 73.1 Å². The van der Waals surface area contributed by atoms with Gasteiger partial charge < -0.3 is 19.9 Å². The van der Waals surface area contributed by atoms with Crippen molar-refractivity contribution in [3.05, 3.63) is 35.4 Å². The largest absolute Gasteiger partial charge is 0.375 e. The molecule has 0 aliphatic carbocycles. The maximum absolute atomic E-state index is 12.6. The predicted octanol–water partition coefficient (Wildman–Crippen LogP) is 1.08. The number of aryl methyl sites for hydroxylation is 1. The maximum atomic E-state index is 12.6. The highest BCUT2D eigenvalue weighted by atomic mass is 35.5. The summed E-state index contributed by atoms with van der Waals surface area (Å²) < 4.78 is 5.55. The molecule has 7 heteroatoms. The molecule has 2 fully saturated rings. The van der Waals surface area contributed by atoms with E-state index in [2.05, 4.69) is 5.32 Å². The molecule has 1 N–H and O–H groups in total. The number of hydrogen-bond donors (Lipinski definition) is 1. The van der Waals surface area contributed by atoms with Gasteiger partial charge in [0.05, 0.1) is 12.7 Å². The van der Waals surface area contributed by atoms with Gasteiger partial charge in [-0.05, 0) is 26.0 Å². The molecule has 0 aromatic heterocycles. The van der Waals surface area contributed by atoms with Crippen molar-refractivity contribution in [1.29, 1.82) is 0 Å². The zero-order chi connectivity index (χ0) is 17.1. The lowest BCUT2D eigenvalue weighted by atomic mass is 10.1. The molecule has 3 rings (SSSR count). The van der Waals surface area contributed by atoms with E-state index in [0.29, 0.717) is 44.9 Å². The SMILES string of the molecule is Cc1ccc(C(=O)N2CCN(C(=O)[C@H]3NCCO[C@@H]3C)CC2)cc1.Cl.